The lowest BCUT2D eigenvalue weighted by atomic mass is 10.3. The molecule has 5 nitrogen and oxygen atoms in total. The molecule has 86 valence electrons. The van der Waals surface area contributed by atoms with Crippen LogP contribution in [0.2, 0.25) is 0 Å². The second kappa shape index (κ2) is 7.84. The van der Waals surface area contributed by atoms with Gasteiger partial charge in [0.05, 0.1) is 6.61 Å². The number of rotatable bonds is 6. The van der Waals surface area contributed by atoms with Crippen LogP contribution in [0.4, 0.5) is 4.79 Å². The van der Waals surface area contributed by atoms with Crippen molar-refractivity contribution in [3.63, 3.8) is 0 Å². The van der Waals surface area contributed by atoms with Crippen molar-refractivity contribution in [2.75, 3.05) is 13.2 Å². The minimum Gasteiger partial charge on any atom is -0.460 e. The third-order valence-corrected chi connectivity index (χ3v) is 1.52. The van der Waals surface area contributed by atoms with E-state index in [0.29, 0.717) is 6.54 Å². The Hall–Kier alpha value is -1.52. The summed E-state index contributed by atoms with van der Waals surface area (Å²) in [5.41, 5.74) is 0. The maximum absolute atomic E-state index is 11.0. The average molecular weight is 215 g/mol. The molecule has 0 unspecified atom stereocenters. The van der Waals surface area contributed by atoms with Crippen molar-refractivity contribution in [2.45, 2.75) is 26.7 Å². The molecule has 0 heterocycles. The van der Waals surface area contributed by atoms with E-state index in [1.165, 1.54) is 0 Å². The van der Waals surface area contributed by atoms with Crippen LogP contribution in [0.5, 0.6) is 0 Å². The summed E-state index contributed by atoms with van der Waals surface area (Å²) >= 11 is 0. The van der Waals surface area contributed by atoms with Crippen LogP contribution in [0.15, 0.2) is 12.3 Å². The average Bonchev–Trinajstić information content (AvgIpc) is 2.18. The first-order chi connectivity index (χ1) is 7.11. The normalized spacial score (nSPS) is 9.20. The number of alkyl carbamates (subject to hydrolysis) is 1. The molecule has 1 amide bonds. The Kier molecular flexibility index (Phi) is 7.05. The summed E-state index contributed by atoms with van der Waals surface area (Å²) in [5, 5.41) is 2.48. The van der Waals surface area contributed by atoms with E-state index >= 15 is 0 Å². The molecule has 1 N–H and O–H groups in total. The number of carbonyl (C=O) groups is 2. The molecule has 0 fully saturated rings. The van der Waals surface area contributed by atoms with Crippen LogP contribution in [0, 0.1) is 0 Å². The van der Waals surface area contributed by atoms with Gasteiger partial charge in [0.2, 0.25) is 5.76 Å². The predicted molar refractivity (Wildman–Crippen MR) is 55.2 cm³/mol. The number of hydrogen-bond acceptors (Lipinski definition) is 4. The quantitative estimate of drug-likeness (QED) is 0.316. The van der Waals surface area contributed by atoms with Crippen molar-refractivity contribution >= 4 is 12.1 Å². The van der Waals surface area contributed by atoms with Crippen molar-refractivity contribution in [2.24, 2.45) is 0 Å². The molecule has 0 aromatic heterocycles. The summed E-state index contributed by atoms with van der Waals surface area (Å²) in [6, 6.07) is 0. The number of unbranched alkanes of at least 4 members (excludes halogenated alkanes) is 1. The van der Waals surface area contributed by atoms with Crippen molar-refractivity contribution in [1.29, 1.82) is 0 Å². The highest BCUT2D eigenvalue weighted by molar-refractivity contribution is 5.88. The first-order valence-electron chi connectivity index (χ1n) is 4.93. The minimum atomic E-state index is -0.719. The third-order valence-electron chi connectivity index (χ3n) is 1.52. The van der Waals surface area contributed by atoms with Gasteiger partial charge in [-0.15, -0.1) is 0 Å². The zero-order chi connectivity index (χ0) is 11.7. The van der Waals surface area contributed by atoms with E-state index in [1.54, 1.807) is 6.92 Å². The van der Waals surface area contributed by atoms with Gasteiger partial charge in [-0.3, -0.25) is 0 Å². The molecule has 0 saturated carbocycles. The molecule has 5 heteroatoms. The Morgan fingerprint density at radius 1 is 1.33 bits per heavy atom. The molecule has 0 aliphatic carbocycles. The van der Waals surface area contributed by atoms with Gasteiger partial charge in [0.15, 0.2) is 0 Å². The topological polar surface area (TPSA) is 64.6 Å². The predicted octanol–water partition coefficient (Wildman–Crippen LogP) is 1.59. The summed E-state index contributed by atoms with van der Waals surface area (Å²) < 4.78 is 9.18. The fourth-order valence-electron chi connectivity index (χ4n) is 0.768. The molecule has 0 aliphatic heterocycles. The molecular weight excluding hydrogens is 198 g/mol. The zero-order valence-corrected chi connectivity index (χ0v) is 9.17. The molecule has 0 saturated heterocycles. The summed E-state index contributed by atoms with van der Waals surface area (Å²) in [6.07, 6.45) is 1.15. The lowest BCUT2D eigenvalue weighted by Crippen LogP contribution is -2.26. The van der Waals surface area contributed by atoms with E-state index < -0.39 is 12.1 Å². The summed E-state index contributed by atoms with van der Waals surface area (Å²) in [7, 11) is 0. The molecule has 0 spiro atoms. The molecule has 0 radical (unpaired) electrons. The first-order valence-corrected chi connectivity index (χ1v) is 4.93. The third kappa shape index (κ3) is 6.54. The molecule has 0 aliphatic rings. The van der Waals surface area contributed by atoms with Crippen LogP contribution in [0.1, 0.15) is 26.7 Å². The van der Waals surface area contributed by atoms with Gasteiger partial charge >= 0.3 is 12.1 Å². The van der Waals surface area contributed by atoms with Gasteiger partial charge < -0.3 is 14.8 Å². The van der Waals surface area contributed by atoms with E-state index in [2.05, 4.69) is 21.4 Å². The smallest absolute Gasteiger partial charge is 0.412 e. The van der Waals surface area contributed by atoms with E-state index in [9.17, 15) is 9.59 Å². The highest BCUT2D eigenvalue weighted by atomic mass is 16.6. The van der Waals surface area contributed by atoms with Crippen molar-refractivity contribution in [3.8, 4) is 0 Å². The van der Waals surface area contributed by atoms with Gasteiger partial charge in [-0.2, -0.15) is 0 Å². The van der Waals surface area contributed by atoms with Crippen LogP contribution in [-0.2, 0) is 14.3 Å². The number of nitrogens with one attached hydrogen (secondary N) is 1. The van der Waals surface area contributed by atoms with Crippen LogP contribution in [-0.4, -0.2) is 25.2 Å². The molecule has 0 atom stereocenters. The SMILES string of the molecule is C=C(OC(=O)NCCCC)C(=O)OCC. The minimum absolute atomic E-state index is 0.221. The lowest BCUT2D eigenvalue weighted by Gasteiger charge is -2.07. The summed E-state index contributed by atoms with van der Waals surface area (Å²) in [4.78, 5) is 22.0. The number of carbonyl (C=O) groups excluding carboxylic acids is 2. The maximum Gasteiger partial charge on any atom is 0.412 e. The summed E-state index contributed by atoms with van der Waals surface area (Å²) in [6.45, 7) is 7.69. The highest BCUT2D eigenvalue weighted by Gasteiger charge is 2.13. The number of hydrogen-bond donors (Lipinski definition) is 1. The Balaban J connectivity index is 3.76. The Morgan fingerprint density at radius 2 is 2.00 bits per heavy atom. The van der Waals surface area contributed by atoms with Crippen molar-refractivity contribution in [1.82, 2.24) is 5.32 Å². The molecular formula is C10H17NO4. The molecule has 0 aromatic carbocycles. The Bertz CT molecular complexity index is 238. The van der Waals surface area contributed by atoms with Crippen LogP contribution in [0.3, 0.4) is 0 Å². The van der Waals surface area contributed by atoms with Gasteiger partial charge in [-0.05, 0) is 19.9 Å². The van der Waals surface area contributed by atoms with Crippen LogP contribution in [0.25, 0.3) is 0 Å². The molecule has 15 heavy (non-hydrogen) atoms. The standard InChI is InChI=1S/C10H17NO4/c1-4-6-7-11-10(13)15-8(3)9(12)14-5-2/h3-7H2,1-2H3,(H,11,13). The highest BCUT2D eigenvalue weighted by Crippen LogP contribution is 1.97. The van der Waals surface area contributed by atoms with E-state index in [4.69, 9.17) is 0 Å². The largest absolute Gasteiger partial charge is 0.460 e. The number of ether oxygens (including phenoxy) is 2. The van der Waals surface area contributed by atoms with Crippen LogP contribution >= 0.6 is 0 Å². The summed E-state index contributed by atoms with van der Waals surface area (Å²) in [5.74, 6) is -1.02. The van der Waals surface area contributed by atoms with Gasteiger partial charge in [-0.25, -0.2) is 9.59 Å². The molecule has 0 rings (SSSR count). The van der Waals surface area contributed by atoms with E-state index in [0.717, 1.165) is 12.8 Å². The Labute approximate surface area is 89.4 Å². The van der Waals surface area contributed by atoms with Gasteiger partial charge in [0.1, 0.15) is 0 Å². The van der Waals surface area contributed by atoms with E-state index in [1.807, 2.05) is 6.92 Å². The second-order valence-electron chi connectivity index (χ2n) is 2.81. The lowest BCUT2D eigenvalue weighted by molar-refractivity contribution is -0.141. The number of esters is 1. The fraction of sp³-hybridized carbons (Fsp3) is 0.600. The van der Waals surface area contributed by atoms with Crippen molar-refractivity contribution < 1.29 is 19.1 Å². The maximum atomic E-state index is 11.0. The van der Waals surface area contributed by atoms with Gasteiger partial charge in [0, 0.05) is 6.54 Å². The van der Waals surface area contributed by atoms with Gasteiger partial charge in [-0.1, -0.05) is 13.3 Å². The monoisotopic (exact) mass is 215 g/mol. The second-order valence-corrected chi connectivity index (χ2v) is 2.81. The van der Waals surface area contributed by atoms with Crippen LogP contribution < -0.4 is 5.32 Å². The van der Waals surface area contributed by atoms with Crippen molar-refractivity contribution in [3.05, 3.63) is 12.3 Å². The van der Waals surface area contributed by atoms with Gasteiger partial charge in [0.25, 0.3) is 0 Å². The zero-order valence-electron chi connectivity index (χ0n) is 9.17. The molecule has 0 aromatic rings. The Morgan fingerprint density at radius 3 is 2.53 bits per heavy atom. The fourth-order valence-corrected chi connectivity index (χ4v) is 0.768. The van der Waals surface area contributed by atoms with E-state index in [-0.39, 0.29) is 12.4 Å². The first kappa shape index (κ1) is 13.5. The molecule has 0 bridgehead atoms. The number of amides is 1.